The minimum absolute atomic E-state index is 0.00889. The second-order valence-corrected chi connectivity index (χ2v) is 6.10. The SMILES string of the molecule is CC(=O)SC(C)C(=O)CC(CC(C)C)C(=O)O. The third-order valence-electron chi connectivity index (χ3n) is 2.35. The van der Waals surface area contributed by atoms with Crippen LogP contribution in [0.15, 0.2) is 0 Å². The summed E-state index contributed by atoms with van der Waals surface area (Å²) in [5, 5.41) is 8.43. The van der Waals surface area contributed by atoms with Gasteiger partial charge in [-0.2, -0.15) is 0 Å². The van der Waals surface area contributed by atoms with Crippen LogP contribution in [0.2, 0.25) is 0 Å². The molecule has 0 aliphatic rings. The zero-order chi connectivity index (χ0) is 13.6. The molecule has 0 bridgehead atoms. The second-order valence-electron chi connectivity index (χ2n) is 4.59. The predicted octanol–water partition coefficient (Wildman–Crippen LogP) is 2.36. The molecule has 4 nitrogen and oxygen atoms in total. The van der Waals surface area contributed by atoms with Crippen molar-refractivity contribution < 1.29 is 19.5 Å². The molecule has 0 aliphatic heterocycles. The number of hydrogen-bond acceptors (Lipinski definition) is 4. The molecule has 0 aromatic rings. The Morgan fingerprint density at radius 2 is 1.71 bits per heavy atom. The zero-order valence-electron chi connectivity index (χ0n) is 10.7. The summed E-state index contributed by atoms with van der Waals surface area (Å²) in [7, 11) is 0. The fourth-order valence-electron chi connectivity index (χ4n) is 1.56. The third kappa shape index (κ3) is 7.15. The van der Waals surface area contributed by atoms with Crippen molar-refractivity contribution in [3.8, 4) is 0 Å². The first-order valence-corrected chi connectivity index (χ1v) is 6.54. The minimum Gasteiger partial charge on any atom is -0.481 e. The van der Waals surface area contributed by atoms with Crippen molar-refractivity contribution in [2.45, 2.75) is 45.8 Å². The van der Waals surface area contributed by atoms with E-state index in [9.17, 15) is 14.4 Å². The van der Waals surface area contributed by atoms with Crippen LogP contribution in [0, 0.1) is 11.8 Å². The van der Waals surface area contributed by atoms with Gasteiger partial charge in [0, 0.05) is 13.3 Å². The van der Waals surface area contributed by atoms with Gasteiger partial charge in [-0.05, 0) is 19.3 Å². The van der Waals surface area contributed by atoms with Crippen LogP contribution in [0.1, 0.15) is 40.5 Å². The van der Waals surface area contributed by atoms with Gasteiger partial charge in [0.2, 0.25) is 0 Å². The van der Waals surface area contributed by atoms with Crippen LogP contribution in [0.25, 0.3) is 0 Å². The van der Waals surface area contributed by atoms with Gasteiger partial charge in [0.25, 0.3) is 0 Å². The van der Waals surface area contributed by atoms with E-state index >= 15 is 0 Å². The molecule has 0 aliphatic carbocycles. The molecule has 1 N–H and O–H groups in total. The average molecular weight is 260 g/mol. The maximum absolute atomic E-state index is 11.7. The number of rotatable bonds is 7. The number of carbonyl (C=O) groups is 3. The Kier molecular flexibility index (Phi) is 7.11. The topological polar surface area (TPSA) is 71.4 Å². The Morgan fingerprint density at radius 1 is 1.18 bits per heavy atom. The molecule has 0 aromatic carbocycles. The van der Waals surface area contributed by atoms with Crippen molar-refractivity contribution >= 4 is 28.6 Å². The maximum Gasteiger partial charge on any atom is 0.306 e. The van der Waals surface area contributed by atoms with E-state index in [1.54, 1.807) is 6.92 Å². The van der Waals surface area contributed by atoms with Crippen LogP contribution >= 0.6 is 11.8 Å². The number of carbonyl (C=O) groups excluding carboxylic acids is 2. The van der Waals surface area contributed by atoms with E-state index in [2.05, 4.69) is 0 Å². The fraction of sp³-hybridized carbons (Fsp3) is 0.750. The molecule has 0 saturated heterocycles. The first-order valence-electron chi connectivity index (χ1n) is 5.66. The van der Waals surface area contributed by atoms with Gasteiger partial charge in [0.05, 0.1) is 11.2 Å². The van der Waals surface area contributed by atoms with E-state index in [1.807, 2.05) is 13.8 Å². The van der Waals surface area contributed by atoms with Gasteiger partial charge in [-0.25, -0.2) is 0 Å². The molecule has 0 amide bonds. The smallest absolute Gasteiger partial charge is 0.306 e. The highest BCUT2D eigenvalue weighted by molar-refractivity contribution is 8.14. The number of carboxylic acid groups (broad SMARTS) is 1. The fourth-order valence-corrected chi connectivity index (χ4v) is 2.29. The summed E-state index contributed by atoms with van der Waals surface area (Å²) in [6.07, 6.45) is 0.494. The summed E-state index contributed by atoms with van der Waals surface area (Å²) >= 11 is 0.954. The number of hydrogen-bond donors (Lipinski definition) is 1. The van der Waals surface area contributed by atoms with Crippen molar-refractivity contribution in [1.82, 2.24) is 0 Å². The normalized spacial score (nSPS) is 14.4. The lowest BCUT2D eigenvalue weighted by Gasteiger charge is -2.15. The standard InChI is InChI=1S/C12H20O4S/c1-7(2)5-10(12(15)16)6-11(14)8(3)17-9(4)13/h7-8,10H,5-6H2,1-4H3,(H,15,16). The molecule has 0 saturated carbocycles. The van der Waals surface area contributed by atoms with E-state index in [0.717, 1.165) is 11.8 Å². The number of aliphatic carboxylic acids is 1. The molecule has 98 valence electrons. The molecular formula is C12H20O4S. The second kappa shape index (κ2) is 7.48. The molecule has 2 unspecified atom stereocenters. The Hall–Kier alpha value is -0.840. The molecule has 17 heavy (non-hydrogen) atoms. The first-order chi connectivity index (χ1) is 7.73. The van der Waals surface area contributed by atoms with Crippen LogP contribution in [0.4, 0.5) is 0 Å². The van der Waals surface area contributed by atoms with Gasteiger partial charge in [0.15, 0.2) is 5.12 Å². The van der Waals surface area contributed by atoms with Crippen LogP contribution < -0.4 is 0 Å². The Morgan fingerprint density at radius 3 is 2.06 bits per heavy atom. The van der Waals surface area contributed by atoms with Crippen molar-refractivity contribution in [3.63, 3.8) is 0 Å². The lowest BCUT2D eigenvalue weighted by Crippen LogP contribution is -2.24. The number of Topliss-reactive ketones (excluding diaryl/α,β-unsaturated/α-hetero) is 1. The van der Waals surface area contributed by atoms with Crippen LogP contribution in [0.3, 0.4) is 0 Å². The highest BCUT2D eigenvalue weighted by Gasteiger charge is 2.25. The molecule has 5 heteroatoms. The van der Waals surface area contributed by atoms with Gasteiger partial charge < -0.3 is 5.11 Å². The first kappa shape index (κ1) is 16.2. The Labute approximate surface area is 106 Å². The van der Waals surface area contributed by atoms with E-state index in [0.29, 0.717) is 6.42 Å². The van der Waals surface area contributed by atoms with Crippen molar-refractivity contribution in [1.29, 1.82) is 0 Å². The lowest BCUT2D eigenvalue weighted by molar-refractivity contribution is -0.144. The van der Waals surface area contributed by atoms with Crippen molar-refractivity contribution in [3.05, 3.63) is 0 Å². The van der Waals surface area contributed by atoms with Gasteiger partial charge in [0.1, 0.15) is 5.78 Å². The molecule has 0 heterocycles. The molecule has 2 atom stereocenters. The number of thioether (sulfide) groups is 1. The molecule has 0 radical (unpaired) electrons. The van der Waals surface area contributed by atoms with Crippen LogP contribution in [-0.4, -0.2) is 27.2 Å². The quantitative estimate of drug-likeness (QED) is 0.760. The van der Waals surface area contributed by atoms with Crippen LogP contribution in [0.5, 0.6) is 0 Å². The summed E-state index contributed by atoms with van der Waals surface area (Å²) in [6.45, 7) is 6.89. The van der Waals surface area contributed by atoms with Crippen molar-refractivity contribution in [2.75, 3.05) is 0 Å². The largest absolute Gasteiger partial charge is 0.481 e. The van der Waals surface area contributed by atoms with Crippen molar-refractivity contribution in [2.24, 2.45) is 11.8 Å². The van der Waals surface area contributed by atoms with Gasteiger partial charge in [-0.3, -0.25) is 14.4 Å². The predicted molar refractivity (Wildman–Crippen MR) is 67.9 cm³/mol. The highest BCUT2D eigenvalue weighted by atomic mass is 32.2. The lowest BCUT2D eigenvalue weighted by atomic mass is 9.92. The Bertz CT molecular complexity index is 299. The van der Waals surface area contributed by atoms with Crippen LogP contribution in [-0.2, 0) is 14.4 Å². The van der Waals surface area contributed by atoms with Gasteiger partial charge in [-0.15, -0.1) is 0 Å². The van der Waals surface area contributed by atoms with Gasteiger partial charge >= 0.3 is 5.97 Å². The molecule has 0 aromatic heterocycles. The minimum atomic E-state index is -0.938. The number of carboxylic acids is 1. The van der Waals surface area contributed by atoms with E-state index in [4.69, 9.17) is 5.11 Å². The zero-order valence-corrected chi connectivity index (χ0v) is 11.5. The summed E-state index contributed by atoms with van der Waals surface area (Å²) in [5.41, 5.74) is 0. The van der Waals surface area contributed by atoms with E-state index in [-0.39, 0.29) is 23.2 Å². The van der Waals surface area contributed by atoms with E-state index in [1.165, 1.54) is 6.92 Å². The summed E-state index contributed by atoms with van der Waals surface area (Å²) in [5.74, 6) is -1.51. The highest BCUT2D eigenvalue weighted by Crippen LogP contribution is 2.21. The Balaban J connectivity index is 4.39. The average Bonchev–Trinajstić information content (AvgIpc) is 2.14. The molecule has 0 rings (SSSR count). The molecule has 0 fully saturated rings. The summed E-state index contributed by atoms with van der Waals surface area (Å²) in [4.78, 5) is 33.6. The van der Waals surface area contributed by atoms with Gasteiger partial charge in [-0.1, -0.05) is 25.6 Å². The molecular weight excluding hydrogens is 240 g/mol. The number of ketones is 1. The summed E-state index contributed by atoms with van der Waals surface area (Å²) in [6, 6.07) is 0. The maximum atomic E-state index is 11.7. The van der Waals surface area contributed by atoms with E-state index < -0.39 is 17.1 Å². The monoisotopic (exact) mass is 260 g/mol. The molecule has 0 spiro atoms. The third-order valence-corrected chi connectivity index (χ3v) is 3.30. The summed E-state index contributed by atoms with van der Waals surface area (Å²) < 4.78 is 0.